The highest BCUT2D eigenvalue weighted by atomic mass is 16.5. The number of aromatic nitrogens is 2. The minimum absolute atomic E-state index is 0.0156. The molecule has 0 bridgehead atoms. The van der Waals surface area contributed by atoms with Crippen LogP contribution in [0.5, 0.6) is 0 Å². The fourth-order valence-corrected chi connectivity index (χ4v) is 4.45. The Morgan fingerprint density at radius 3 is 2.69 bits per heavy atom. The van der Waals surface area contributed by atoms with Crippen LogP contribution < -0.4 is 0 Å². The van der Waals surface area contributed by atoms with Crippen LogP contribution in [0.4, 0.5) is 0 Å². The number of ether oxygens (including phenoxy) is 1. The summed E-state index contributed by atoms with van der Waals surface area (Å²) >= 11 is 0. The lowest BCUT2D eigenvalue weighted by molar-refractivity contribution is -0.136. The molecule has 0 aromatic carbocycles. The molecule has 1 atom stereocenters. The van der Waals surface area contributed by atoms with Crippen molar-refractivity contribution in [2.75, 3.05) is 52.5 Å². The lowest BCUT2D eigenvalue weighted by atomic mass is 10.0. The van der Waals surface area contributed by atoms with E-state index in [4.69, 9.17) is 4.74 Å². The Hall–Kier alpha value is -1.93. The van der Waals surface area contributed by atoms with Crippen LogP contribution in [-0.2, 0) is 16.6 Å². The summed E-state index contributed by atoms with van der Waals surface area (Å²) in [5.74, 6) is 0.523. The number of carbonyl (C=O) groups is 2. The molecule has 8 heteroatoms. The summed E-state index contributed by atoms with van der Waals surface area (Å²) in [7, 11) is 1.84. The second-order valence-corrected chi connectivity index (χ2v) is 8.55. The molecule has 1 aliphatic carbocycles. The Morgan fingerprint density at radius 1 is 1.21 bits per heavy atom. The third-order valence-corrected chi connectivity index (χ3v) is 6.35. The Morgan fingerprint density at radius 2 is 2.00 bits per heavy atom. The fourth-order valence-electron chi connectivity index (χ4n) is 4.45. The number of hydrogen-bond acceptors (Lipinski definition) is 5. The van der Waals surface area contributed by atoms with Crippen molar-refractivity contribution in [3.8, 4) is 0 Å². The molecule has 0 spiro atoms. The molecule has 1 saturated carbocycles. The SMILES string of the molecule is Cn1cncc1C(=O)N1CCCC(N(CCCN2CCOCC2)C(=O)C2CC2)C1. The van der Waals surface area contributed by atoms with E-state index in [-0.39, 0.29) is 17.9 Å². The van der Waals surface area contributed by atoms with Gasteiger partial charge in [-0.05, 0) is 32.1 Å². The van der Waals surface area contributed by atoms with E-state index in [1.54, 1.807) is 17.1 Å². The molecule has 1 unspecified atom stereocenters. The summed E-state index contributed by atoms with van der Waals surface area (Å²) in [4.78, 5) is 36.4. The molecule has 1 aromatic heterocycles. The number of morpholine rings is 1. The number of hydrogen-bond donors (Lipinski definition) is 0. The smallest absolute Gasteiger partial charge is 0.272 e. The molecule has 2 saturated heterocycles. The second kappa shape index (κ2) is 9.26. The van der Waals surface area contributed by atoms with Crippen LogP contribution in [0.25, 0.3) is 0 Å². The van der Waals surface area contributed by atoms with Crippen molar-refractivity contribution in [2.24, 2.45) is 13.0 Å². The first kappa shape index (κ1) is 20.3. The summed E-state index contributed by atoms with van der Waals surface area (Å²) in [6.45, 7) is 6.73. The van der Waals surface area contributed by atoms with E-state index in [1.165, 1.54) is 0 Å². The Labute approximate surface area is 172 Å². The van der Waals surface area contributed by atoms with Crippen LogP contribution in [0.1, 0.15) is 42.6 Å². The number of imidazole rings is 1. The number of rotatable bonds is 7. The fraction of sp³-hybridized carbons (Fsp3) is 0.762. The van der Waals surface area contributed by atoms with Crippen molar-refractivity contribution in [3.63, 3.8) is 0 Å². The molecule has 3 heterocycles. The molecule has 8 nitrogen and oxygen atoms in total. The monoisotopic (exact) mass is 403 g/mol. The third kappa shape index (κ3) is 4.98. The van der Waals surface area contributed by atoms with Gasteiger partial charge in [-0.3, -0.25) is 14.5 Å². The van der Waals surface area contributed by atoms with Crippen LogP contribution in [-0.4, -0.2) is 94.6 Å². The van der Waals surface area contributed by atoms with Crippen molar-refractivity contribution >= 4 is 11.8 Å². The van der Waals surface area contributed by atoms with Gasteiger partial charge in [0.1, 0.15) is 5.69 Å². The normalized spacial score (nSPS) is 23.2. The zero-order valence-electron chi connectivity index (χ0n) is 17.5. The van der Waals surface area contributed by atoms with E-state index in [0.29, 0.717) is 18.1 Å². The average Bonchev–Trinajstić information content (AvgIpc) is 3.52. The first-order valence-corrected chi connectivity index (χ1v) is 11.0. The highest BCUT2D eigenvalue weighted by molar-refractivity contribution is 5.92. The summed E-state index contributed by atoms with van der Waals surface area (Å²) in [5, 5.41) is 0. The van der Waals surface area contributed by atoms with Gasteiger partial charge in [0, 0.05) is 58.3 Å². The lowest BCUT2D eigenvalue weighted by Gasteiger charge is -2.40. The van der Waals surface area contributed by atoms with Gasteiger partial charge in [-0.25, -0.2) is 4.98 Å². The molecule has 4 rings (SSSR count). The molecular weight excluding hydrogens is 370 g/mol. The van der Waals surface area contributed by atoms with Gasteiger partial charge in [-0.2, -0.15) is 0 Å². The van der Waals surface area contributed by atoms with Crippen molar-refractivity contribution < 1.29 is 14.3 Å². The van der Waals surface area contributed by atoms with Crippen molar-refractivity contribution in [2.45, 2.75) is 38.1 Å². The van der Waals surface area contributed by atoms with Gasteiger partial charge in [0.05, 0.1) is 25.7 Å². The molecule has 160 valence electrons. The highest BCUT2D eigenvalue weighted by Gasteiger charge is 2.38. The largest absolute Gasteiger partial charge is 0.379 e. The lowest BCUT2D eigenvalue weighted by Crippen LogP contribution is -2.53. The van der Waals surface area contributed by atoms with Gasteiger partial charge in [0.2, 0.25) is 5.91 Å². The number of nitrogens with zero attached hydrogens (tertiary/aromatic N) is 5. The molecule has 1 aromatic rings. The minimum Gasteiger partial charge on any atom is -0.379 e. The predicted molar refractivity (Wildman–Crippen MR) is 108 cm³/mol. The molecule has 3 aliphatic rings. The Balaban J connectivity index is 1.37. The van der Waals surface area contributed by atoms with Gasteiger partial charge < -0.3 is 19.1 Å². The first-order valence-electron chi connectivity index (χ1n) is 11.0. The Kier molecular flexibility index (Phi) is 6.50. The van der Waals surface area contributed by atoms with Gasteiger partial charge in [0.15, 0.2) is 0 Å². The van der Waals surface area contributed by atoms with Crippen molar-refractivity contribution in [1.29, 1.82) is 0 Å². The van der Waals surface area contributed by atoms with E-state index in [9.17, 15) is 9.59 Å². The maximum Gasteiger partial charge on any atom is 0.272 e. The molecule has 2 aliphatic heterocycles. The number of amides is 2. The second-order valence-electron chi connectivity index (χ2n) is 8.55. The van der Waals surface area contributed by atoms with Crippen LogP contribution in [0, 0.1) is 5.92 Å². The van der Waals surface area contributed by atoms with Crippen LogP contribution >= 0.6 is 0 Å². The van der Waals surface area contributed by atoms with Crippen LogP contribution in [0.3, 0.4) is 0 Å². The summed E-state index contributed by atoms with van der Waals surface area (Å²) < 4.78 is 7.19. The van der Waals surface area contributed by atoms with Gasteiger partial charge in [-0.15, -0.1) is 0 Å². The van der Waals surface area contributed by atoms with E-state index >= 15 is 0 Å². The summed E-state index contributed by atoms with van der Waals surface area (Å²) in [6.07, 6.45) is 8.21. The number of piperidine rings is 1. The van der Waals surface area contributed by atoms with Crippen LogP contribution in [0.15, 0.2) is 12.5 Å². The molecule has 29 heavy (non-hydrogen) atoms. The molecule has 2 amide bonds. The van der Waals surface area contributed by atoms with E-state index in [2.05, 4.69) is 14.8 Å². The van der Waals surface area contributed by atoms with Crippen molar-refractivity contribution in [3.05, 3.63) is 18.2 Å². The van der Waals surface area contributed by atoms with E-state index in [0.717, 1.165) is 78.0 Å². The van der Waals surface area contributed by atoms with E-state index < -0.39 is 0 Å². The van der Waals surface area contributed by atoms with Gasteiger partial charge in [-0.1, -0.05) is 0 Å². The molecular formula is C21H33N5O3. The van der Waals surface area contributed by atoms with Gasteiger partial charge in [0.25, 0.3) is 5.91 Å². The maximum absolute atomic E-state index is 13.0. The molecule has 0 N–H and O–H groups in total. The standard InChI is InChI=1S/C21H33N5O3/c1-23-16-22-14-19(23)21(28)25-8-2-4-18(15-25)26(20(27)17-5-6-17)9-3-7-24-10-12-29-13-11-24/h14,16-18H,2-13,15H2,1H3. The zero-order chi connectivity index (χ0) is 20.2. The van der Waals surface area contributed by atoms with Crippen LogP contribution in [0.2, 0.25) is 0 Å². The van der Waals surface area contributed by atoms with Gasteiger partial charge >= 0.3 is 0 Å². The third-order valence-electron chi connectivity index (χ3n) is 6.35. The van der Waals surface area contributed by atoms with Crippen molar-refractivity contribution in [1.82, 2.24) is 24.3 Å². The average molecular weight is 404 g/mol. The molecule has 3 fully saturated rings. The minimum atomic E-state index is 0.0156. The number of carbonyl (C=O) groups excluding carboxylic acids is 2. The summed E-state index contributed by atoms with van der Waals surface area (Å²) in [5.41, 5.74) is 0.609. The maximum atomic E-state index is 13.0. The summed E-state index contributed by atoms with van der Waals surface area (Å²) in [6, 6.07) is 0.124. The predicted octanol–water partition coefficient (Wildman–Crippen LogP) is 0.986. The molecule has 0 radical (unpaired) electrons. The Bertz CT molecular complexity index is 711. The zero-order valence-corrected chi connectivity index (χ0v) is 17.5. The first-order chi connectivity index (χ1) is 14.1. The number of aryl methyl sites for hydroxylation is 1. The quantitative estimate of drug-likeness (QED) is 0.679. The topological polar surface area (TPSA) is 70.9 Å². The van der Waals surface area contributed by atoms with E-state index in [1.807, 2.05) is 11.9 Å². The number of likely N-dealkylation sites (tertiary alicyclic amines) is 1. The highest BCUT2D eigenvalue weighted by Crippen LogP contribution is 2.33.